The van der Waals surface area contributed by atoms with E-state index in [0.29, 0.717) is 30.2 Å². The molecule has 2 saturated heterocycles. The third kappa shape index (κ3) is 6.98. The number of hydrogen-bond acceptors (Lipinski definition) is 7. The minimum atomic E-state index is -2.89. The number of halogens is 3. The van der Waals surface area contributed by atoms with Gasteiger partial charge in [-0.1, -0.05) is 32.0 Å². The van der Waals surface area contributed by atoms with Gasteiger partial charge in [0.15, 0.2) is 5.82 Å². The van der Waals surface area contributed by atoms with E-state index in [4.69, 9.17) is 15.0 Å². The van der Waals surface area contributed by atoms with Gasteiger partial charge < -0.3 is 24.8 Å². The Balaban J connectivity index is 1.19. The van der Waals surface area contributed by atoms with E-state index in [1.807, 2.05) is 13.8 Å². The average molecular weight is 538 g/mol. The van der Waals surface area contributed by atoms with Gasteiger partial charge in [-0.05, 0) is 49.1 Å². The lowest BCUT2D eigenvalue weighted by Gasteiger charge is -2.33. The normalized spacial score (nSPS) is 19.7. The third-order valence-corrected chi connectivity index (χ3v) is 7.67. The molecule has 4 rings (SSSR count). The Labute approximate surface area is 221 Å². The van der Waals surface area contributed by atoms with Crippen molar-refractivity contribution in [1.82, 2.24) is 15.0 Å². The van der Waals surface area contributed by atoms with Gasteiger partial charge in [0.25, 0.3) is 5.92 Å². The number of ether oxygens (including phenoxy) is 1. The van der Waals surface area contributed by atoms with Crippen LogP contribution < -0.4 is 15.4 Å². The van der Waals surface area contributed by atoms with Crippen molar-refractivity contribution in [1.29, 1.82) is 0 Å². The highest BCUT2D eigenvalue weighted by molar-refractivity contribution is 5.82. The number of anilines is 1. The minimum absolute atomic E-state index is 0.0376. The van der Waals surface area contributed by atoms with Crippen molar-refractivity contribution in [3.05, 3.63) is 35.4 Å². The summed E-state index contributed by atoms with van der Waals surface area (Å²) < 4.78 is 52.7. The molecule has 1 aromatic heterocycles. The van der Waals surface area contributed by atoms with E-state index in [9.17, 15) is 18.0 Å². The Morgan fingerprint density at radius 3 is 2.58 bits per heavy atom. The van der Waals surface area contributed by atoms with E-state index in [0.717, 1.165) is 43.1 Å². The van der Waals surface area contributed by atoms with E-state index in [2.05, 4.69) is 22.0 Å². The van der Waals surface area contributed by atoms with Crippen LogP contribution in [0.25, 0.3) is 0 Å². The van der Waals surface area contributed by atoms with Crippen LogP contribution in [0.5, 0.6) is 5.75 Å². The number of likely N-dealkylation sites (tertiary alicyclic amines) is 1. The van der Waals surface area contributed by atoms with Crippen LogP contribution in [0.3, 0.4) is 0 Å². The van der Waals surface area contributed by atoms with Crippen molar-refractivity contribution in [3.63, 3.8) is 0 Å². The topological polar surface area (TPSA) is 97.7 Å². The second-order valence-electron chi connectivity index (χ2n) is 11.0. The SMILES string of the molecule is CC(C)c1noc(N2CCC([C@H](C)CCOc3ccc(C[C@H](N)C(=O)N4CCC(F)(F)C4)c(F)c3)CC2)n1. The number of carbonyl (C=O) groups is 1. The molecular weight excluding hydrogens is 499 g/mol. The Morgan fingerprint density at radius 1 is 1.24 bits per heavy atom. The van der Waals surface area contributed by atoms with Crippen molar-refractivity contribution in [2.75, 3.05) is 37.7 Å². The second-order valence-corrected chi connectivity index (χ2v) is 11.0. The number of aromatic nitrogens is 2. The van der Waals surface area contributed by atoms with Crippen molar-refractivity contribution in [3.8, 4) is 5.75 Å². The number of carbonyl (C=O) groups excluding carboxylic acids is 1. The molecule has 38 heavy (non-hydrogen) atoms. The molecule has 1 amide bonds. The van der Waals surface area contributed by atoms with Gasteiger partial charge >= 0.3 is 6.01 Å². The zero-order chi connectivity index (χ0) is 27.4. The fourth-order valence-corrected chi connectivity index (χ4v) is 5.11. The number of nitrogens with zero attached hydrogens (tertiary/aromatic N) is 4. The average Bonchev–Trinajstić information content (AvgIpc) is 3.52. The van der Waals surface area contributed by atoms with Crippen LogP contribution in [0.1, 0.15) is 63.8 Å². The summed E-state index contributed by atoms with van der Waals surface area (Å²) >= 11 is 0. The molecule has 2 atom stereocenters. The molecule has 0 aliphatic carbocycles. The standard InChI is InChI=1S/C27H38F3N5O3/c1-17(2)24-32-26(38-33-24)34-10-6-19(7-11-34)18(3)8-13-37-21-5-4-20(22(28)15-21)14-23(31)25(36)35-12-9-27(29,30)16-35/h4-5,15,17-19,23H,6-14,16,31H2,1-3H3/t18-,23+/m1/s1. The largest absolute Gasteiger partial charge is 0.493 e. The van der Waals surface area contributed by atoms with Gasteiger partial charge in [0, 0.05) is 38.0 Å². The molecule has 1 aromatic carbocycles. The predicted octanol–water partition coefficient (Wildman–Crippen LogP) is 4.39. The highest BCUT2D eigenvalue weighted by atomic mass is 19.3. The lowest BCUT2D eigenvalue weighted by molar-refractivity contribution is -0.133. The van der Waals surface area contributed by atoms with Gasteiger partial charge in [-0.3, -0.25) is 4.79 Å². The number of nitrogens with two attached hydrogens (primary N) is 1. The summed E-state index contributed by atoms with van der Waals surface area (Å²) in [4.78, 5) is 20.1. The van der Waals surface area contributed by atoms with Crippen LogP contribution in [-0.4, -0.2) is 65.7 Å². The monoisotopic (exact) mass is 537 g/mol. The fourth-order valence-electron chi connectivity index (χ4n) is 5.11. The van der Waals surface area contributed by atoms with Crippen molar-refractivity contribution < 1.29 is 27.2 Å². The molecule has 0 spiro atoms. The number of alkyl halides is 2. The molecule has 0 bridgehead atoms. The Bertz CT molecular complexity index is 1090. The molecule has 3 heterocycles. The van der Waals surface area contributed by atoms with E-state index in [1.165, 1.54) is 12.1 Å². The Kier molecular flexibility index (Phi) is 8.85. The summed E-state index contributed by atoms with van der Waals surface area (Å²) in [6.07, 6.45) is 2.45. The maximum atomic E-state index is 14.7. The van der Waals surface area contributed by atoms with Crippen LogP contribution in [0.15, 0.2) is 22.7 Å². The first-order chi connectivity index (χ1) is 18.0. The maximum absolute atomic E-state index is 14.7. The first kappa shape index (κ1) is 28.2. The van der Waals surface area contributed by atoms with Crippen molar-refractivity contribution in [2.45, 2.75) is 70.8 Å². The molecule has 2 aliphatic heterocycles. The van der Waals surface area contributed by atoms with E-state index in [-0.39, 0.29) is 30.9 Å². The van der Waals surface area contributed by atoms with Gasteiger partial charge in [-0.2, -0.15) is 4.98 Å². The predicted molar refractivity (Wildman–Crippen MR) is 137 cm³/mol. The summed E-state index contributed by atoms with van der Waals surface area (Å²) in [5.41, 5.74) is 6.17. The van der Waals surface area contributed by atoms with Gasteiger partial charge in [0.2, 0.25) is 5.91 Å². The minimum Gasteiger partial charge on any atom is -0.493 e. The van der Waals surface area contributed by atoms with Gasteiger partial charge in [0.05, 0.1) is 19.2 Å². The summed E-state index contributed by atoms with van der Waals surface area (Å²) in [6.45, 7) is 7.81. The first-order valence-electron chi connectivity index (χ1n) is 13.4. The Morgan fingerprint density at radius 2 is 1.97 bits per heavy atom. The maximum Gasteiger partial charge on any atom is 0.324 e. The van der Waals surface area contributed by atoms with Crippen LogP contribution in [0, 0.1) is 17.7 Å². The number of rotatable bonds is 10. The summed E-state index contributed by atoms with van der Waals surface area (Å²) in [5.74, 6) is -1.64. The van der Waals surface area contributed by atoms with E-state index >= 15 is 0 Å². The smallest absolute Gasteiger partial charge is 0.324 e. The third-order valence-electron chi connectivity index (χ3n) is 7.67. The molecule has 2 aliphatic rings. The Hall–Kier alpha value is -2.82. The van der Waals surface area contributed by atoms with Crippen LogP contribution >= 0.6 is 0 Å². The number of benzene rings is 1. The zero-order valence-corrected chi connectivity index (χ0v) is 22.3. The molecule has 210 valence electrons. The van der Waals surface area contributed by atoms with Gasteiger partial charge in [-0.25, -0.2) is 13.2 Å². The van der Waals surface area contributed by atoms with Gasteiger partial charge in [0.1, 0.15) is 11.6 Å². The number of piperidine rings is 1. The van der Waals surface area contributed by atoms with Crippen LogP contribution in [0.4, 0.5) is 19.2 Å². The van der Waals surface area contributed by atoms with Crippen molar-refractivity contribution in [2.24, 2.45) is 17.6 Å². The van der Waals surface area contributed by atoms with Crippen LogP contribution in [-0.2, 0) is 11.2 Å². The molecular formula is C27H38F3N5O3. The highest BCUT2D eigenvalue weighted by Gasteiger charge is 2.41. The lowest BCUT2D eigenvalue weighted by atomic mass is 9.84. The van der Waals surface area contributed by atoms with Crippen LogP contribution in [0.2, 0.25) is 0 Å². The summed E-state index contributed by atoms with van der Waals surface area (Å²) in [5, 5.41) is 4.05. The second kappa shape index (κ2) is 11.9. The summed E-state index contributed by atoms with van der Waals surface area (Å²) in [7, 11) is 0. The summed E-state index contributed by atoms with van der Waals surface area (Å²) in [6, 6.07) is 4.00. The number of hydrogen-bond donors (Lipinski definition) is 1. The van der Waals surface area contributed by atoms with E-state index in [1.54, 1.807) is 6.07 Å². The lowest BCUT2D eigenvalue weighted by Crippen LogP contribution is -2.44. The first-order valence-corrected chi connectivity index (χ1v) is 13.4. The molecule has 8 nitrogen and oxygen atoms in total. The molecule has 0 unspecified atom stereocenters. The molecule has 2 fully saturated rings. The van der Waals surface area contributed by atoms with Crippen molar-refractivity contribution >= 4 is 11.9 Å². The molecule has 11 heteroatoms. The van der Waals surface area contributed by atoms with Gasteiger partial charge in [-0.15, -0.1) is 0 Å². The molecule has 0 radical (unpaired) electrons. The molecule has 2 aromatic rings. The zero-order valence-electron chi connectivity index (χ0n) is 22.3. The quantitative estimate of drug-likeness (QED) is 0.480. The number of amides is 1. The fraction of sp³-hybridized carbons (Fsp3) is 0.667. The highest BCUT2D eigenvalue weighted by Crippen LogP contribution is 2.30. The van der Waals surface area contributed by atoms with E-state index < -0.39 is 30.2 Å². The molecule has 2 N–H and O–H groups in total. The molecule has 0 saturated carbocycles.